The Bertz CT molecular complexity index is 684. The number of hydrazone groups is 1. The molecule has 2 rings (SSSR count). The largest absolute Gasteiger partial charge is 0.416 e. The number of hydrogen-bond donors (Lipinski definition) is 0. The lowest BCUT2D eigenvalue weighted by atomic mass is 10.0. The van der Waals surface area contributed by atoms with Gasteiger partial charge in [-0.1, -0.05) is 6.58 Å². The number of hydrogen-bond acceptors (Lipinski definition) is 3. The van der Waals surface area contributed by atoms with E-state index >= 15 is 0 Å². The summed E-state index contributed by atoms with van der Waals surface area (Å²) in [5.41, 5.74) is -1.23. The highest BCUT2D eigenvalue weighted by Gasteiger charge is 2.36. The molecule has 24 heavy (non-hydrogen) atoms. The van der Waals surface area contributed by atoms with Crippen molar-refractivity contribution in [2.75, 3.05) is 11.4 Å². The minimum absolute atomic E-state index is 0.105. The lowest BCUT2D eigenvalue weighted by Gasteiger charge is -2.39. The van der Waals surface area contributed by atoms with Crippen LogP contribution in [0, 0.1) is 0 Å². The molecule has 0 bridgehead atoms. The Morgan fingerprint density at radius 2 is 2.08 bits per heavy atom. The molecule has 1 aromatic rings. The van der Waals surface area contributed by atoms with Crippen molar-refractivity contribution in [2.45, 2.75) is 32.7 Å². The number of nitrogens with zero attached hydrogens (tertiary/aromatic N) is 3. The van der Waals surface area contributed by atoms with Gasteiger partial charge < -0.3 is 4.90 Å². The van der Waals surface area contributed by atoms with Crippen molar-refractivity contribution in [3.8, 4) is 0 Å². The number of benzene rings is 1. The van der Waals surface area contributed by atoms with Crippen molar-refractivity contribution in [2.24, 2.45) is 5.10 Å². The van der Waals surface area contributed by atoms with Crippen molar-refractivity contribution in [1.29, 1.82) is 0 Å². The predicted molar refractivity (Wildman–Crippen MR) is 83.2 cm³/mol. The topological polar surface area (TPSA) is 35.9 Å². The number of piperazine rings is 1. The Kier molecular flexibility index (Phi) is 4.96. The second-order valence-electron chi connectivity index (χ2n) is 5.40. The fraction of sp³-hybridized carbons (Fsp3) is 0.375. The summed E-state index contributed by atoms with van der Waals surface area (Å²) >= 11 is 0. The molecule has 130 valence electrons. The van der Waals surface area contributed by atoms with Gasteiger partial charge in [-0.25, -0.2) is 4.39 Å². The van der Waals surface area contributed by atoms with Gasteiger partial charge in [-0.2, -0.15) is 18.3 Å². The quantitative estimate of drug-likeness (QED) is 0.476. The molecule has 1 aliphatic heterocycles. The molecule has 4 nitrogen and oxygen atoms in total. The van der Waals surface area contributed by atoms with Crippen LogP contribution in [0.2, 0.25) is 0 Å². The molecule has 1 aromatic carbocycles. The Hall–Kier alpha value is -2.38. The van der Waals surface area contributed by atoms with Gasteiger partial charge >= 0.3 is 6.18 Å². The molecular formula is C16H17F4N3O. The Morgan fingerprint density at radius 3 is 2.62 bits per heavy atom. The summed E-state index contributed by atoms with van der Waals surface area (Å²) in [6, 6.07) is 2.79. The second kappa shape index (κ2) is 6.62. The number of rotatable bonds is 3. The van der Waals surface area contributed by atoms with Crippen LogP contribution in [0.25, 0.3) is 0 Å². The summed E-state index contributed by atoms with van der Waals surface area (Å²) in [6.45, 7) is 6.12. The van der Waals surface area contributed by atoms with Gasteiger partial charge in [0, 0.05) is 18.4 Å². The smallest absolute Gasteiger partial charge is 0.305 e. The number of anilines is 1. The highest BCUT2D eigenvalue weighted by Crippen LogP contribution is 2.35. The third-order valence-corrected chi connectivity index (χ3v) is 3.72. The third-order valence-electron chi connectivity index (χ3n) is 3.72. The lowest BCUT2D eigenvalue weighted by molar-refractivity contribution is -0.138. The summed E-state index contributed by atoms with van der Waals surface area (Å²) < 4.78 is 51.6. The zero-order chi connectivity index (χ0) is 18.1. The monoisotopic (exact) mass is 343 g/mol. The molecular weight excluding hydrogens is 326 g/mol. The molecule has 1 aliphatic rings. The van der Waals surface area contributed by atoms with Crippen molar-refractivity contribution < 1.29 is 22.4 Å². The molecule has 0 unspecified atom stereocenters. The number of alkyl halides is 4. The molecule has 1 amide bonds. The lowest BCUT2D eigenvalue weighted by Crippen LogP contribution is -2.51. The van der Waals surface area contributed by atoms with Gasteiger partial charge in [0.2, 0.25) is 0 Å². The number of carbonyl (C=O) groups excluding carboxylic acids is 1. The summed E-state index contributed by atoms with van der Waals surface area (Å²) in [4.78, 5) is 13.7. The van der Waals surface area contributed by atoms with E-state index in [1.807, 2.05) is 0 Å². The first-order chi connectivity index (χ1) is 11.2. The normalized spacial score (nSPS) is 19.5. The van der Waals surface area contributed by atoms with E-state index in [0.29, 0.717) is 0 Å². The molecule has 0 spiro atoms. The highest BCUT2D eigenvalue weighted by atomic mass is 19.4. The fourth-order valence-electron chi connectivity index (χ4n) is 2.61. The first-order valence-electron chi connectivity index (χ1n) is 7.25. The Labute approximate surface area is 137 Å². The van der Waals surface area contributed by atoms with Crippen molar-refractivity contribution >= 4 is 17.8 Å². The van der Waals surface area contributed by atoms with Gasteiger partial charge in [-0.15, -0.1) is 0 Å². The summed E-state index contributed by atoms with van der Waals surface area (Å²) in [5, 5.41) is 5.51. The molecule has 0 N–H and O–H groups in total. The van der Waals surface area contributed by atoms with Crippen molar-refractivity contribution in [3.05, 3.63) is 41.6 Å². The van der Waals surface area contributed by atoms with Crippen LogP contribution in [0.1, 0.15) is 25.0 Å². The van der Waals surface area contributed by atoms with Crippen LogP contribution in [0.4, 0.5) is 23.2 Å². The summed E-state index contributed by atoms with van der Waals surface area (Å²) in [6.07, 6.45) is -3.13. The fourth-order valence-corrected chi connectivity index (χ4v) is 2.61. The van der Waals surface area contributed by atoms with Gasteiger partial charge in [-0.3, -0.25) is 9.80 Å². The van der Waals surface area contributed by atoms with E-state index < -0.39 is 29.9 Å². The molecule has 0 saturated carbocycles. The van der Waals surface area contributed by atoms with Crippen molar-refractivity contribution in [1.82, 2.24) is 5.01 Å². The van der Waals surface area contributed by atoms with E-state index in [-0.39, 0.29) is 24.0 Å². The first kappa shape index (κ1) is 18.0. The second-order valence-corrected chi connectivity index (χ2v) is 5.40. The van der Waals surface area contributed by atoms with Gasteiger partial charge in [0.05, 0.1) is 11.6 Å². The summed E-state index contributed by atoms with van der Waals surface area (Å²) in [7, 11) is 0. The number of carbonyl (C=O) groups is 1. The molecule has 8 heteroatoms. The molecule has 1 saturated heterocycles. The maximum absolute atomic E-state index is 13.0. The van der Waals surface area contributed by atoms with E-state index in [4.69, 9.17) is 0 Å². The minimum Gasteiger partial charge on any atom is -0.305 e. The molecule has 0 radical (unpaired) electrons. The molecule has 1 heterocycles. The molecule has 0 aliphatic carbocycles. The zero-order valence-corrected chi connectivity index (χ0v) is 13.3. The predicted octanol–water partition coefficient (Wildman–Crippen LogP) is 3.73. The SMILES string of the molecule is C=C1C(=O)N(c2ccc(C(F)(F)F)c(CF)c2)C[C@H](C)N1/N=C\C. The number of amides is 1. The molecule has 1 fully saturated rings. The van der Waals surface area contributed by atoms with Crippen LogP contribution in [0.5, 0.6) is 0 Å². The van der Waals surface area contributed by atoms with Gasteiger partial charge in [0.25, 0.3) is 5.91 Å². The number of halogens is 4. The minimum atomic E-state index is -4.64. The van der Waals surface area contributed by atoms with Crippen LogP contribution in [-0.4, -0.2) is 29.7 Å². The summed E-state index contributed by atoms with van der Waals surface area (Å²) in [5.74, 6) is -0.483. The van der Waals surface area contributed by atoms with Crippen LogP contribution >= 0.6 is 0 Å². The average molecular weight is 343 g/mol. The van der Waals surface area contributed by atoms with Gasteiger partial charge in [-0.05, 0) is 37.6 Å². The van der Waals surface area contributed by atoms with Crippen molar-refractivity contribution in [3.63, 3.8) is 0 Å². The van der Waals surface area contributed by atoms with E-state index in [1.54, 1.807) is 13.8 Å². The standard InChI is InChI=1S/C16H17F4N3O/c1-4-21-23-10(2)9-22(15(24)11(23)3)13-5-6-14(16(18,19)20)12(7-13)8-17/h4-7,10H,3,8-9H2,1-2H3/b21-4-/t10-/m0/s1. The maximum Gasteiger partial charge on any atom is 0.416 e. The first-order valence-corrected chi connectivity index (χ1v) is 7.25. The Morgan fingerprint density at radius 1 is 1.42 bits per heavy atom. The van der Waals surface area contributed by atoms with Crippen LogP contribution < -0.4 is 4.90 Å². The molecule has 0 aromatic heterocycles. The zero-order valence-electron chi connectivity index (χ0n) is 13.3. The van der Waals surface area contributed by atoms with Crippen LogP contribution in [-0.2, 0) is 17.6 Å². The van der Waals surface area contributed by atoms with Crippen LogP contribution in [0.3, 0.4) is 0 Å². The van der Waals surface area contributed by atoms with Gasteiger partial charge in [0.15, 0.2) is 0 Å². The van der Waals surface area contributed by atoms with Crippen LogP contribution in [0.15, 0.2) is 35.6 Å². The Balaban J connectivity index is 2.39. The van der Waals surface area contributed by atoms with E-state index in [0.717, 1.165) is 12.1 Å². The van der Waals surface area contributed by atoms with E-state index in [1.165, 1.54) is 22.2 Å². The van der Waals surface area contributed by atoms with E-state index in [9.17, 15) is 22.4 Å². The third kappa shape index (κ3) is 3.27. The van der Waals surface area contributed by atoms with Gasteiger partial charge in [0.1, 0.15) is 12.4 Å². The highest BCUT2D eigenvalue weighted by molar-refractivity contribution is 6.05. The maximum atomic E-state index is 13.0. The molecule has 1 atom stereocenters. The average Bonchev–Trinajstić information content (AvgIpc) is 2.53. The van der Waals surface area contributed by atoms with E-state index in [2.05, 4.69) is 11.7 Å².